The molecule has 2 rings (SSSR count). The fourth-order valence-corrected chi connectivity index (χ4v) is 2.85. The summed E-state index contributed by atoms with van der Waals surface area (Å²) in [4.78, 5) is 25.5. The topological polar surface area (TPSA) is 82.7 Å². The molecule has 0 spiro atoms. The van der Waals surface area contributed by atoms with Gasteiger partial charge in [-0.25, -0.2) is 4.79 Å². The minimum Gasteiger partial charge on any atom is -0.374 e. The van der Waals surface area contributed by atoms with E-state index in [2.05, 4.69) is 34.7 Å². The third-order valence-electron chi connectivity index (χ3n) is 3.78. The number of rotatable bonds is 6. The van der Waals surface area contributed by atoms with Crippen LogP contribution in [0.3, 0.4) is 0 Å². The first-order valence-electron chi connectivity index (χ1n) is 8.69. The number of ether oxygens (including phenoxy) is 1. The zero-order valence-corrected chi connectivity index (χ0v) is 15.2. The molecule has 25 heavy (non-hydrogen) atoms. The van der Waals surface area contributed by atoms with Crippen molar-refractivity contribution in [2.75, 3.05) is 43.4 Å². The standard InChI is InChI=1S/C18H28N4O3/c1-13(2)11-22-7-8-25-17(12-22)10-19-18(24)21-16-6-4-5-15(9-16)20-14(3)23/h4-6,9,13,17H,7-8,10-12H2,1-3H3,(H,20,23)(H2,19,21,24). The molecule has 3 N–H and O–H groups in total. The molecule has 7 heteroatoms. The van der Waals surface area contributed by atoms with Crippen LogP contribution in [0.25, 0.3) is 0 Å². The molecular formula is C18H28N4O3. The number of carbonyl (C=O) groups is 2. The van der Waals surface area contributed by atoms with Gasteiger partial charge in [-0.05, 0) is 24.1 Å². The lowest BCUT2D eigenvalue weighted by Gasteiger charge is -2.33. The SMILES string of the molecule is CC(=O)Nc1cccc(NC(=O)NCC2CN(CC(C)C)CCO2)c1. The van der Waals surface area contributed by atoms with E-state index in [1.165, 1.54) is 6.92 Å². The largest absolute Gasteiger partial charge is 0.374 e. The minimum absolute atomic E-state index is 0.00367. The molecule has 0 saturated carbocycles. The third kappa shape index (κ3) is 7.11. The van der Waals surface area contributed by atoms with Crippen LogP contribution in [0.2, 0.25) is 0 Å². The Labute approximate surface area is 149 Å². The van der Waals surface area contributed by atoms with Crippen molar-refractivity contribution >= 4 is 23.3 Å². The number of anilines is 2. The average Bonchev–Trinajstić information content (AvgIpc) is 2.52. The van der Waals surface area contributed by atoms with Gasteiger partial charge in [0.25, 0.3) is 0 Å². The van der Waals surface area contributed by atoms with Crippen molar-refractivity contribution in [3.63, 3.8) is 0 Å². The second kappa shape index (κ2) is 9.39. The predicted octanol–water partition coefficient (Wildman–Crippen LogP) is 2.12. The van der Waals surface area contributed by atoms with E-state index in [-0.39, 0.29) is 18.0 Å². The van der Waals surface area contributed by atoms with E-state index in [4.69, 9.17) is 4.74 Å². The molecule has 0 radical (unpaired) electrons. The zero-order chi connectivity index (χ0) is 18.2. The molecule has 3 amide bonds. The molecule has 1 unspecified atom stereocenters. The van der Waals surface area contributed by atoms with Crippen LogP contribution >= 0.6 is 0 Å². The summed E-state index contributed by atoms with van der Waals surface area (Å²) in [6.07, 6.45) is 0.00367. The Balaban J connectivity index is 1.77. The Bertz CT molecular complexity index is 591. The number of nitrogens with zero attached hydrogens (tertiary/aromatic N) is 1. The van der Waals surface area contributed by atoms with E-state index in [9.17, 15) is 9.59 Å². The highest BCUT2D eigenvalue weighted by Crippen LogP contribution is 2.15. The van der Waals surface area contributed by atoms with E-state index >= 15 is 0 Å². The predicted molar refractivity (Wildman–Crippen MR) is 98.8 cm³/mol. The van der Waals surface area contributed by atoms with Gasteiger partial charge in [0.1, 0.15) is 0 Å². The number of carbonyl (C=O) groups excluding carboxylic acids is 2. The van der Waals surface area contributed by atoms with Crippen LogP contribution in [-0.4, -0.2) is 55.7 Å². The highest BCUT2D eigenvalue weighted by atomic mass is 16.5. The normalized spacial score (nSPS) is 18.0. The van der Waals surface area contributed by atoms with Crippen LogP contribution in [0, 0.1) is 5.92 Å². The van der Waals surface area contributed by atoms with Crippen LogP contribution < -0.4 is 16.0 Å². The number of hydrogen-bond acceptors (Lipinski definition) is 4. The number of hydrogen-bond donors (Lipinski definition) is 3. The Morgan fingerprint density at radius 2 is 2.00 bits per heavy atom. The van der Waals surface area contributed by atoms with E-state index < -0.39 is 0 Å². The summed E-state index contributed by atoms with van der Waals surface area (Å²) in [5, 5.41) is 8.30. The van der Waals surface area contributed by atoms with Gasteiger partial charge in [-0.3, -0.25) is 9.69 Å². The second-order valence-corrected chi connectivity index (χ2v) is 6.74. The maximum atomic E-state index is 12.1. The number of amides is 3. The van der Waals surface area contributed by atoms with Gasteiger partial charge in [-0.1, -0.05) is 19.9 Å². The molecule has 0 aliphatic carbocycles. The lowest BCUT2D eigenvalue weighted by Crippen LogP contribution is -2.48. The Kier molecular flexibility index (Phi) is 7.21. The monoisotopic (exact) mass is 348 g/mol. The molecule has 0 bridgehead atoms. The first-order chi connectivity index (χ1) is 11.9. The maximum Gasteiger partial charge on any atom is 0.319 e. The van der Waals surface area contributed by atoms with Gasteiger partial charge in [0, 0.05) is 44.5 Å². The molecule has 0 aromatic heterocycles. The van der Waals surface area contributed by atoms with Crippen molar-refractivity contribution in [2.45, 2.75) is 26.9 Å². The summed E-state index contributed by atoms with van der Waals surface area (Å²) in [6.45, 7) is 9.82. The molecule has 1 aromatic carbocycles. The van der Waals surface area contributed by atoms with Crippen molar-refractivity contribution < 1.29 is 14.3 Å². The maximum absolute atomic E-state index is 12.1. The number of benzene rings is 1. The quantitative estimate of drug-likeness (QED) is 0.735. The fraction of sp³-hybridized carbons (Fsp3) is 0.556. The third-order valence-corrected chi connectivity index (χ3v) is 3.78. The average molecular weight is 348 g/mol. The van der Waals surface area contributed by atoms with E-state index in [0.29, 0.717) is 30.4 Å². The first-order valence-corrected chi connectivity index (χ1v) is 8.69. The number of nitrogens with one attached hydrogen (secondary N) is 3. The van der Waals surface area contributed by atoms with Crippen LogP contribution in [-0.2, 0) is 9.53 Å². The van der Waals surface area contributed by atoms with Crippen molar-refractivity contribution in [1.29, 1.82) is 0 Å². The summed E-state index contributed by atoms with van der Waals surface area (Å²) in [6, 6.07) is 6.73. The molecule has 1 heterocycles. The fourth-order valence-electron chi connectivity index (χ4n) is 2.85. The van der Waals surface area contributed by atoms with Crippen molar-refractivity contribution in [2.24, 2.45) is 5.92 Å². The number of morpholine rings is 1. The van der Waals surface area contributed by atoms with Gasteiger partial charge in [0.2, 0.25) is 5.91 Å². The first kappa shape index (κ1) is 19.2. The van der Waals surface area contributed by atoms with Crippen LogP contribution in [0.1, 0.15) is 20.8 Å². The molecule has 1 fully saturated rings. The minimum atomic E-state index is -0.287. The van der Waals surface area contributed by atoms with Crippen LogP contribution in [0.15, 0.2) is 24.3 Å². The number of urea groups is 1. The van der Waals surface area contributed by atoms with Gasteiger partial charge in [0.15, 0.2) is 0 Å². The summed E-state index contributed by atoms with van der Waals surface area (Å²) in [7, 11) is 0. The van der Waals surface area contributed by atoms with Crippen molar-refractivity contribution in [1.82, 2.24) is 10.2 Å². The lowest BCUT2D eigenvalue weighted by atomic mass is 10.2. The summed E-state index contributed by atoms with van der Waals surface area (Å²) in [5.41, 5.74) is 1.26. The highest BCUT2D eigenvalue weighted by molar-refractivity contribution is 5.92. The van der Waals surface area contributed by atoms with Crippen LogP contribution in [0.4, 0.5) is 16.2 Å². The Hall–Kier alpha value is -2.12. The second-order valence-electron chi connectivity index (χ2n) is 6.74. The van der Waals surface area contributed by atoms with Gasteiger partial charge in [-0.2, -0.15) is 0 Å². The Morgan fingerprint density at radius 3 is 2.68 bits per heavy atom. The van der Waals surface area contributed by atoms with Crippen molar-refractivity contribution in [3.05, 3.63) is 24.3 Å². The van der Waals surface area contributed by atoms with Gasteiger partial charge in [-0.15, -0.1) is 0 Å². The molecule has 7 nitrogen and oxygen atoms in total. The molecule has 1 aromatic rings. The zero-order valence-electron chi connectivity index (χ0n) is 15.2. The highest BCUT2D eigenvalue weighted by Gasteiger charge is 2.21. The van der Waals surface area contributed by atoms with Gasteiger partial charge in [0.05, 0.1) is 12.7 Å². The molecule has 1 aliphatic rings. The molecular weight excluding hydrogens is 320 g/mol. The van der Waals surface area contributed by atoms with E-state index in [1.807, 2.05) is 0 Å². The Morgan fingerprint density at radius 1 is 1.28 bits per heavy atom. The summed E-state index contributed by atoms with van der Waals surface area (Å²) in [5.74, 6) is 0.466. The molecule has 1 atom stereocenters. The molecule has 1 saturated heterocycles. The van der Waals surface area contributed by atoms with Crippen LogP contribution in [0.5, 0.6) is 0 Å². The smallest absolute Gasteiger partial charge is 0.319 e. The molecule has 138 valence electrons. The van der Waals surface area contributed by atoms with Crippen molar-refractivity contribution in [3.8, 4) is 0 Å². The van der Waals surface area contributed by atoms with E-state index in [0.717, 1.165) is 19.6 Å². The van der Waals surface area contributed by atoms with Gasteiger partial charge < -0.3 is 20.7 Å². The van der Waals surface area contributed by atoms with E-state index in [1.54, 1.807) is 24.3 Å². The summed E-state index contributed by atoms with van der Waals surface area (Å²) < 4.78 is 5.72. The lowest BCUT2D eigenvalue weighted by molar-refractivity contribution is -0.114. The molecule has 1 aliphatic heterocycles. The summed E-state index contributed by atoms with van der Waals surface area (Å²) >= 11 is 0. The van der Waals surface area contributed by atoms with Gasteiger partial charge >= 0.3 is 6.03 Å².